The summed E-state index contributed by atoms with van der Waals surface area (Å²) in [5, 5.41) is 0. The molecule has 0 heterocycles. The Bertz CT molecular complexity index is 408. The molecular weight excluding hydrogens is 288 g/mol. The molecule has 0 fully saturated rings. The van der Waals surface area contributed by atoms with E-state index in [0.29, 0.717) is 12.5 Å². The van der Waals surface area contributed by atoms with Crippen molar-refractivity contribution >= 4 is 14.0 Å². The van der Waals surface area contributed by atoms with Gasteiger partial charge < -0.3 is 4.74 Å². The second-order valence-corrected chi connectivity index (χ2v) is 14.2. The number of hydrogen-bond donors (Lipinski definition) is 0. The summed E-state index contributed by atoms with van der Waals surface area (Å²) in [6.07, 6.45) is 4.33. The van der Waals surface area contributed by atoms with Gasteiger partial charge in [0.25, 0.3) is 0 Å². The van der Waals surface area contributed by atoms with E-state index in [4.69, 9.17) is 4.74 Å². The van der Waals surface area contributed by atoms with Crippen LogP contribution in [-0.4, -0.2) is 20.7 Å². The van der Waals surface area contributed by atoms with Crippen molar-refractivity contribution in [3.63, 3.8) is 0 Å². The second-order valence-electron chi connectivity index (χ2n) is 8.73. The highest BCUT2D eigenvalue weighted by molar-refractivity contribution is 6.76. The zero-order valence-electron chi connectivity index (χ0n) is 16.0. The molecule has 0 spiro atoms. The molecule has 0 amide bonds. The lowest BCUT2D eigenvalue weighted by Gasteiger charge is -2.21. The topological polar surface area (TPSA) is 26.3 Å². The lowest BCUT2D eigenvalue weighted by atomic mass is 9.96. The molecule has 0 aromatic rings. The molecule has 0 saturated heterocycles. The number of hydrogen-bond acceptors (Lipinski definition) is 2. The van der Waals surface area contributed by atoms with E-state index >= 15 is 0 Å². The monoisotopic (exact) mass is 324 g/mol. The summed E-state index contributed by atoms with van der Waals surface area (Å²) in [5.41, 5.74) is 2.25. The van der Waals surface area contributed by atoms with Gasteiger partial charge in [-0.15, -0.1) is 0 Å². The maximum Gasteiger partial charge on any atom is 0.311 e. The summed E-state index contributed by atoms with van der Waals surface area (Å²) in [6, 6.07) is 1.17. The van der Waals surface area contributed by atoms with Crippen LogP contribution in [0.4, 0.5) is 0 Å². The van der Waals surface area contributed by atoms with Gasteiger partial charge in [-0.2, -0.15) is 0 Å². The van der Waals surface area contributed by atoms with Gasteiger partial charge in [0.15, 0.2) is 0 Å². The van der Waals surface area contributed by atoms with Crippen molar-refractivity contribution in [2.75, 3.05) is 6.61 Å². The number of carbonyl (C=O) groups excluding carboxylic acids is 1. The van der Waals surface area contributed by atoms with E-state index in [1.165, 1.54) is 17.2 Å². The fourth-order valence-corrected chi connectivity index (χ4v) is 3.73. The molecule has 0 rings (SSSR count). The van der Waals surface area contributed by atoms with Crippen molar-refractivity contribution in [1.29, 1.82) is 0 Å². The zero-order valence-corrected chi connectivity index (χ0v) is 17.0. The van der Waals surface area contributed by atoms with E-state index in [-0.39, 0.29) is 5.97 Å². The molecule has 0 saturated carbocycles. The Morgan fingerprint density at radius 1 is 1.27 bits per heavy atom. The summed E-state index contributed by atoms with van der Waals surface area (Å²) in [5.74, 6) is 0.411. The van der Waals surface area contributed by atoms with E-state index in [9.17, 15) is 4.79 Å². The molecule has 0 N–H and O–H groups in total. The van der Waals surface area contributed by atoms with Crippen LogP contribution in [-0.2, 0) is 9.53 Å². The third kappa shape index (κ3) is 9.99. The highest BCUT2D eigenvalue weighted by Crippen LogP contribution is 2.24. The summed E-state index contributed by atoms with van der Waals surface area (Å²) in [6.45, 7) is 21.6. The fraction of sp³-hybridized carbons (Fsp3) is 0.737. The first-order chi connectivity index (χ1) is 9.83. The van der Waals surface area contributed by atoms with Crippen LogP contribution in [0, 0.1) is 11.3 Å². The van der Waals surface area contributed by atoms with Gasteiger partial charge in [0.2, 0.25) is 0 Å². The van der Waals surface area contributed by atoms with Crippen LogP contribution >= 0.6 is 0 Å². The Balaban J connectivity index is 4.68. The molecule has 2 nitrogen and oxygen atoms in total. The van der Waals surface area contributed by atoms with E-state index in [0.717, 1.165) is 12.8 Å². The predicted octanol–water partition coefficient (Wildman–Crippen LogP) is 5.83. The molecule has 22 heavy (non-hydrogen) atoms. The van der Waals surface area contributed by atoms with Crippen LogP contribution in [0.15, 0.2) is 23.8 Å². The molecule has 0 radical (unpaired) electrons. The first-order valence-corrected chi connectivity index (χ1v) is 12.0. The van der Waals surface area contributed by atoms with E-state index in [1.807, 2.05) is 20.8 Å². The Morgan fingerprint density at radius 3 is 2.23 bits per heavy atom. The molecule has 0 aliphatic carbocycles. The quantitative estimate of drug-likeness (QED) is 0.319. The zero-order chi connectivity index (χ0) is 17.6. The number of esters is 1. The molecule has 3 heteroatoms. The van der Waals surface area contributed by atoms with Crippen molar-refractivity contribution in [2.24, 2.45) is 11.3 Å². The van der Waals surface area contributed by atoms with Crippen molar-refractivity contribution in [2.45, 2.75) is 73.1 Å². The SMILES string of the molecule is C=C(C)[C@@H](C)CC/C(=C/COC(=O)C(C)(C)C)C[Si](C)(C)C. The first-order valence-electron chi connectivity index (χ1n) is 8.33. The Labute approximate surface area is 139 Å². The van der Waals surface area contributed by atoms with Gasteiger partial charge in [0, 0.05) is 8.07 Å². The smallest absolute Gasteiger partial charge is 0.311 e. The minimum atomic E-state index is -1.16. The van der Waals surface area contributed by atoms with Gasteiger partial charge in [0.05, 0.1) is 5.41 Å². The van der Waals surface area contributed by atoms with Crippen molar-refractivity contribution in [3.8, 4) is 0 Å². The normalized spacial score (nSPS) is 14.6. The Kier molecular flexibility index (Phi) is 8.38. The molecule has 0 aliphatic rings. The lowest BCUT2D eigenvalue weighted by molar-refractivity contribution is -0.151. The summed E-state index contributed by atoms with van der Waals surface area (Å²) < 4.78 is 5.39. The van der Waals surface area contributed by atoms with Crippen LogP contribution < -0.4 is 0 Å². The first kappa shape index (κ1) is 21.2. The standard InChI is InChI=1S/C19H36O2Si/c1-15(2)16(3)10-11-17(14-22(7,8)9)12-13-21-18(20)19(4,5)6/h12,16H,1,10-11,13-14H2,2-9H3/b17-12-/t16-/m0/s1. The number of carbonyl (C=O) groups is 1. The van der Waals surface area contributed by atoms with Crippen LogP contribution in [0.25, 0.3) is 0 Å². The maximum atomic E-state index is 11.8. The predicted molar refractivity (Wildman–Crippen MR) is 99.9 cm³/mol. The third-order valence-corrected chi connectivity index (χ3v) is 5.21. The Hall–Kier alpha value is -0.833. The van der Waals surface area contributed by atoms with E-state index < -0.39 is 13.5 Å². The lowest BCUT2D eigenvalue weighted by Crippen LogP contribution is -2.23. The van der Waals surface area contributed by atoms with Crippen molar-refractivity contribution in [1.82, 2.24) is 0 Å². The van der Waals surface area contributed by atoms with Gasteiger partial charge in [-0.3, -0.25) is 4.79 Å². The van der Waals surface area contributed by atoms with Gasteiger partial charge in [-0.25, -0.2) is 0 Å². The van der Waals surface area contributed by atoms with Gasteiger partial charge in [-0.1, -0.05) is 44.3 Å². The average Bonchev–Trinajstić information content (AvgIpc) is 2.31. The molecule has 0 aromatic carbocycles. The Morgan fingerprint density at radius 2 is 1.82 bits per heavy atom. The van der Waals surface area contributed by atoms with Crippen molar-refractivity contribution < 1.29 is 9.53 Å². The second kappa shape index (κ2) is 8.71. The molecule has 0 aliphatic heterocycles. The van der Waals surface area contributed by atoms with Crippen LogP contribution in [0.2, 0.25) is 25.7 Å². The number of ether oxygens (including phenoxy) is 1. The van der Waals surface area contributed by atoms with E-state index in [1.54, 1.807) is 0 Å². The van der Waals surface area contributed by atoms with Gasteiger partial charge in [-0.05, 0) is 58.6 Å². The summed E-state index contributed by atoms with van der Waals surface area (Å²) >= 11 is 0. The highest BCUT2D eigenvalue weighted by Gasteiger charge is 2.22. The summed E-state index contributed by atoms with van der Waals surface area (Å²) in [4.78, 5) is 11.8. The van der Waals surface area contributed by atoms with Crippen LogP contribution in [0.3, 0.4) is 0 Å². The summed E-state index contributed by atoms with van der Waals surface area (Å²) in [7, 11) is -1.16. The van der Waals surface area contributed by atoms with Gasteiger partial charge in [0.1, 0.15) is 6.61 Å². The van der Waals surface area contributed by atoms with Gasteiger partial charge >= 0.3 is 5.97 Å². The fourth-order valence-electron chi connectivity index (χ4n) is 2.04. The van der Waals surface area contributed by atoms with Crippen molar-refractivity contribution in [3.05, 3.63) is 23.8 Å². The molecule has 0 aromatic heterocycles. The maximum absolute atomic E-state index is 11.8. The molecular formula is C19H36O2Si. The molecule has 0 bridgehead atoms. The van der Waals surface area contributed by atoms with Crippen LogP contribution in [0.5, 0.6) is 0 Å². The molecule has 0 unspecified atom stereocenters. The highest BCUT2D eigenvalue weighted by atomic mass is 28.3. The molecule has 1 atom stereocenters. The largest absolute Gasteiger partial charge is 0.461 e. The third-order valence-electron chi connectivity index (χ3n) is 3.70. The van der Waals surface area contributed by atoms with Crippen LogP contribution in [0.1, 0.15) is 47.5 Å². The minimum Gasteiger partial charge on any atom is -0.461 e. The molecule has 128 valence electrons. The number of allylic oxidation sites excluding steroid dienone is 2. The minimum absolute atomic E-state index is 0.133. The van der Waals surface area contributed by atoms with E-state index in [2.05, 4.69) is 46.1 Å². The number of rotatable bonds is 8. The average molecular weight is 325 g/mol.